The van der Waals surface area contributed by atoms with Crippen LogP contribution in [0.1, 0.15) is 135 Å². The summed E-state index contributed by atoms with van der Waals surface area (Å²) >= 11 is 0. The summed E-state index contributed by atoms with van der Waals surface area (Å²) in [5.74, 6) is 0. The third-order valence-electron chi connectivity index (χ3n) is 6.60. The van der Waals surface area contributed by atoms with E-state index in [4.69, 9.17) is 26.6 Å². The van der Waals surface area contributed by atoms with Crippen molar-refractivity contribution in [2.75, 3.05) is 0 Å². The van der Waals surface area contributed by atoms with Gasteiger partial charge in [-0.2, -0.15) is 81.0 Å². The molecule has 0 radical (unpaired) electrons. The van der Waals surface area contributed by atoms with Gasteiger partial charge in [-0.25, -0.2) is 0 Å². The second-order valence-corrected chi connectivity index (χ2v) is 15.7. The van der Waals surface area contributed by atoms with E-state index in [0.717, 1.165) is 50.6 Å². The highest BCUT2D eigenvalue weighted by Crippen LogP contribution is 2.25. The molecule has 0 aliphatic heterocycles. The van der Waals surface area contributed by atoms with E-state index >= 15 is 0 Å². The fourth-order valence-corrected chi connectivity index (χ4v) is 9.02. The topological polar surface area (TPSA) is 55.4 Å². The molecule has 0 saturated heterocycles. The summed E-state index contributed by atoms with van der Waals surface area (Å²) in [7, 11) is -5.04. The molecular formula is C28H76O6S6Si2. The highest BCUT2D eigenvalue weighted by Gasteiger charge is 2.44. The molecule has 0 spiro atoms. The molecule has 14 heteroatoms. The van der Waals surface area contributed by atoms with Gasteiger partial charge in [0.2, 0.25) is 0 Å². The summed E-state index contributed by atoms with van der Waals surface area (Å²) in [6, 6.07) is 1.68. The molecule has 6 atom stereocenters. The first kappa shape index (κ1) is 63.0. The molecule has 0 N–H and O–H groups in total. The Morgan fingerprint density at radius 1 is 0.310 bits per heavy atom. The van der Waals surface area contributed by atoms with Crippen LogP contribution in [0, 0.1) is 0 Å². The number of hydrogen-bond donors (Lipinski definition) is 0. The second-order valence-electron chi connectivity index (χ2n) is 10.1. The van der Waals surface area contributed by atoms with Crippen LogP contribution in [0.2, 0.25) is 12.1 Å². The van der Waals surface area contributed by atoms with Crippen molar-refractivity contribution in [3.05, 3.63) is 0 Å². The zero-order valence-corrected chi connectivity index (χ0v) is 37.6. The van der Waals surface area contributed by atoms with Crippen molar-refractivity contribution in [2.45, 2.75) is 184 Å². The summed E-state index contributed by atoms with van der Waals surface area (Å²) in [6.45, 7) is 29.6. The summed E-state index contributed by atoms with van der Waals surface area (Å²) in [6.07, 6.45) is 7.12. The van der Waals surface area contributed by atoms with Gasteiger partial charge in [0.1, 0.15) is 0 Å². The lowest BCUT2D eigenvalue weighted by molar-refractivity contribution is -0.0108. The molecule has 6 nitrogen and oxygen atoms in total. The third-order valence-corrected chi connectivity index (χ3v) is 12.9. The molecule has 0 rings (SSSR count). The second kappa shape index (κ2) is 36.1. The van der Waals surface area contributed by atoms with E-state index in [1.165, 1.54) is 0 Å². The average molecular weight is 757 g/mol. The zero-order valence-electron chi connectivity index (χ0n) is 29.6. The van der Waals surface area contributed by atoms with Gasteiger partial charge in [-0.15, -0.1) is 0 Å². The van der Waals surface area contributed by atoms with Crippen LogP contribution in [0.25, 0.3) is 0 Å². The summed E-state index contributed by atoms with van der Waals surface area (Å²) in [5, 5.41) is 0. The Kier molecular flexibility index (Phi) is 54.2. The molecule has 0 heterocycles. The van der Waals surface area contributed by atoms with Crippen molar-refractivity contribution in [3.8, 4) is 0 Å². The van der Waals surface area contributed by atoms with Gasteiger partial charge in [-0.05, 0) is 80.1 Å². The Bertz CT molecular complexity index is 429. The minimum absolute atomic E-state index is 0. The van der Waals surface area contributed by atoms with Crippen molar-refractivity contribution in [1.29, 1.82) is 0 Å². The Labute approximate surface area is 307 Å². The van der Waals surface area contributed by atoms with Crippen LogP contribution in [0.15, 0.2) is 0 Å². The molecule has 0 saturated carbocycles. The van der Waals surface area contributed by atoms with E-state index in [-0.39, 0.29) is 118 Å². The first-order chi connectivity index (χ1) is 16.8. The molecule has 0 fully saturated rings. The molecule has 0 aromatic rings. The first-order valence-electron chi connectivity index (χ1n) is 14.9. The van der Waals surface area contributed by atoms with Gasteiger partial charge in [0.15, 0.2) is 0 Å². The lowest BCUT2D eigenvalue weighted by Crippen LogP contribution is -2.51. The molecule has 0 aliphatic rings. The molecule has 6 unspecified atom stereocenters. The van der Waals surface area contributed by atoms with Crippen LogP contribution in [0.5, 0.6) is 0 Å². The molecule has 0 aromatic carbocycles. The van der Waals surface area contributed by atoms with Crippen molar-refractivity contribution in [2.24, 2.45) is 0 Å². The van der Waals surface area contributed by atoms with Gasteiger partial charge in [0.25, 0.3) is 0 Å². The van der Waals surface area contributed by atoms with Gasteiger partial charge in [0, 0.05) is 48.7 Å². The highest BCUT2D eigenvalue weighted by molar-refractivity contribution is 7.60. The van der Waals surface area contributed by atoms with Crippen LogP contribution in [0.4, 0.5) is 0 Å². The molecule has 268 valence electrons. The maximum absolute atomic E-state index is 6.18. The molecule has 0 aromatic heterocycles. The minimum Gasteiger partial charge on any atom is -0.371 e. The predicted molar refractivity (Wildman–Crippen MR) is 220 cm³/mol. The lowest BCUT2D eigenvalue weighted by Gasteiger charge is -2.35. The number of hydrogen-bond acceptors (Lipinski definition) is 6. The highest BCUT2D eigenvalue weighted by atomic mass is 32.1. The van der Waals surface area contributed by atoms with E-state index in [1.807, 2.05) is 0 Å². The predicted octanol–water partition coefficient (Wildman–Crippen LogP) is 9.46. The van der Waals surface area contributed by atoms with E-state index in [2.05, 4.69) is 96.9 Å². The van der Waals surface area contributed by atoms with Crippen LogP contribution in [-0.2, 0) is 26.6 Å². The van der Waals surface area contributed by atoms with Gasteiger partial charge < -0.3 is 26.6 Å². The van der Waals surface area contributed by atoms with Crippen LogP contribution in [0.3, 0.4) is 0 Å². The van der Waals surface area contributed by atoms with Crippen LogP contribution >= 0.6 is 81.0 Å². The SMILES string of the molecule is CCC(C)O[Si](CC)(OC(C)CC)OC(C)CC.CCC(C)O[Si](CC)(OC(C)CC)OC(C)CC.S.S.S.S.S.S. The van der Waals surface area contributed by atoms with E-state index < -0.39 is 17.6 Å². The van der Waals surface area contributed by atoms with E-state index in [1.54, 1.807) is 0 Å². The summed E-state index contributed by atoms with van der Waals surface area (Å²) in [5.41, 5.74) is 0. The smallest absolute Gasteiger partial charge is 0.371 e. The minimum atomic E-state index is -2.52. The van der Waals surface area contributed by atoms with E-state index in [9.17, 15) is 0 Å². The average Bonchev–Trinajstić information content (AvgIpc) is 2.87. The van der Waals surface area contributed by atoms with Gasteiger partial charge in [-0.3, -0.25) is 0 Å². The standard InChI is InChI=1S/2C14H32O3Si.6H2S/c2*1-8-12(5)15-18(11-4,16-13(6)9-2)17-14(7)10-3;;;;;;/h2*12-14H,8-11H2,1-7H3;6*1H2. The molecular weight excluding hydrogens is 681 g/mol. The zero-order chi connectivity index (χ0) is 28.4. The van der Waals surface area contributed by atoms with E-state index in [0.29, 0.717) is 0 Å². The summed E-state index contributed by atoms with van der Waals surface area (Å²) in [4.78, 5) is 0. The quantitative estimate of drug-likeness (QED) is 0.116. The third kappa shape index (κ3) is 28.5. The normalized spacial score (nSPS) is 17.3. The Balaban J connectivity index is -0.0000000803. The lowest BCUT2D eigenvalue weighted by atomic mass is 10.3. The van der Waals surface area contributed by atoms with Gasteiger partial charge >= 0.3 is 17.6 Å². The maximum atomic E-state index is 6.18. The van der Waals surface area contributed by atoms with Crippen LogP contribution < -0.4 is 0 Å². The van der Waals surface area contributed by atoms with Crippen molar-refractivity contribution < 1.29 is 26.6 Å². The fraction of sp³-hybridized carbons (Fsp3) is 1.00. The Morgan fingerprint density at radius 3 is 0.500 bits per heavy atom. The molecule has 0 bridgehead atoms. The summed E-state index contributed by atoms with van der Waals surface area (Å²) < 4.78 is 37.1. The molecule has 0 amide bonds. The largest absolute Gasteiger partial charge is 0.501 e. The van der Waals surface area contributed by atoms with Gasteiger partial charge in [0.05, 0.1) is 0 Å². The molecule has 0 aliphatic carbocycles. The monoisotopic (exact) mass is 756 g/mol. The van der Waals surface area contributed by atoms with Crippen LogP contribution in [-0.4, -0.2) is 54.2 Å². The maximum Gasteiger partial charge on any atom is 0.501 e. The Hall–Kier alpha value is 2.29. The van der Waals surface area contributed by atoms with Crippen molar-refractivity contribution in [3.63, 3.8) is 0 Å². The fourth-order valence-electron chi connectivity index (χ4n) is 3.01. The molecule has 42 heavy (non-hydrogen) atoms. The first-order valence-corrected chi connectivity index (χ1v) is 18.8. The van der Waals surface area contributed by atoms with Crippen molar-refractivity contribution >= 4 is 98.6 Å². The van der Waals surface area contributed by atoms with Gasteiger partial charge in [-0.1, -0.05) is 55.4 Å². The number of rotatable bonds is 20. The van der Waals surface area contributed by atoms with Crippen molar-refractivity contribution in [1.82, 2.24) is 0 Å². The Morgan fingerprint density at radius 2 is 0.429 bits per heavy atom.